The maximum Gasteiger partial charge on any atom is 0.0595 e. The highest BCUT2D eigenvalue weighted by atomic mass is 79.9. The van der Waals surface area contributed by atoms with Gasteiger partial charge in [0.25, 0.3) is 0 Å². The second-order valence-corrected chi connectivity index (χ2v) is 7.08. The number of rotatable bonds is 2. The number of nitrogens with two attached hydrogens (primary N) is 1. The van der Waals surface area contributed by atoms with Gasteiger partial charge >= 0.3 is 0 Å². The van der Waals surface area contributed by atoms with Gasteiger partial charge in [-0.3, -0.25) is 0 Å². The Bertz CT molecular complexity index is 411. The summed E-state index contributed by atoms with van der Waals surface area (Å²) >= 11 is 9.83. The molecule has 0 aromatic heterocycles. The molecule has 1 fully saturated rings. The van der Waals surface area contributed by atoms with Gasteiger partial charge in [-0.1, -0.05) is 37.6 Å². The molecule has 2 N–H and O–H groups in total. The van der Waals surface area contributed by atoms with Crippen molar-refractivity contribution in [1.29, 1.82) is 0 Å². The van der Waals surface area contributed by atoms with Crippen molar-refractivity contribution >= 4 is 27.5 Å². The maximum atomic E-state index is 6.46. The van der Waals surface area contributed by atoms with Crippen LogP contribution in [0.15, 0.2) is 22.7 Å². The van der Waals surface area contributed by atoms with Gasteiger partial charge in [-0.05, 0) is 64.6 Å². The molecule has 100 valence electrons. The molecule has 3 unspecified atom stereocenters. The second kappa shape index (κ2) is 5.94. The van der Waals surface area contributed by atoms with Crippen LogP contribution in [0.3, 0.4) is 0 Å². The van der Waals surface area contributed by atoms with Crippen molar-refractivity contribution in [2.75, 3.05) is 0 Å². The van der Waals surface area contributed by atoms with Crippen LogP contribution in [0.1, 0.15) is 44.7 Å². The first kappa shape index (κ1) is 14.4. The summed E-state index contributed by atoms with van der Waals surface area (Å²) in [4.78, 5) is 0. The van der Waals surface area contributed by atoms with Crippen LogP contribution in [0.2, 0.25) is 5.02 Å². The average Bonchev–Trinajstić information content (AvgIpc) is 2.30. The molecule has 1 nitrogen and oxygen atoms in total. The van der Waals surface area contributed by atoms with Crippen LogP contribution in [0.5, 0.6) is 0 Å². The summed E-state index contributed by atoms with van der Waals surface area (Å²) in [5.74, 6) is 2.10. The fourth-order valence-electron chi connectivity index (χ4n) is 3.33. The first-order valence-corrected chi connectivity index (χ1v) is 7.85. The van der Waals surface area contributed by atoms with E-state index in [-0.39, 0.29) is 6.04 Å². The van der Waals surface area contributed by atoms with E-state index >= 15 is 0 Å². The third-order valence-electron chi connectivity index (χ3n) is 4.06. The zero-order valence-corrected chi connectivity index (χ0v) is 13.3. The van der Waals surface area contributed by atoms with Crippen LogP contribution in [0.25, 0.3) is 0 Å². The highest BCUT2D eigenvalue weighted by Crippen LogP contribution is 2.41. The van der Waals surface area contributed by atoms with Crippen molar-refractivity contribution in [3.63, 3.8) is 0 Å². The number of benzene rings is 1. The molecule has 1 aliphatic rings. The van der Waals surface area contributed by atoms with Crippen molar-refractivity contribution in [1.82, 2.24) is 0 Å². The molecule has 3 heteroatoms. The van der Waals surface area contributed by atoms with E-state index in [1.807, 2.05) is 12.1 Å². The summed E-state index contributed by atoms with van der Waals surface area (Å²) in [6.45, 7) is 4.66. The Labute approximate surface area is 123 Å². The molecule has 1 aromatic carbocycles. The van der Waals surface area contributed by atoms with Gasteiger partial charge in [0.05, 0.1) is 5.02 Å². The molecule has 0 radical (unpaired) electrons. The van der Waals surface area contributed by atoms with Gasteiger partial charge in [0, 0.05) is 10.5 Å². The molecule has 18 heavy (non-hydrogen) atoms. The molecular weight excluding hydrogens is 310 g/mol. The highest BCUT2D eigenvalue weighted by Gasteiger charge is 2.29. The molecule has 0 heterocycles. The molecule has 1 aromatic rings. The lowest BCUT2D eigenvalue weighted by Gasteiger charge is -2.35. The average molecular weight is 331 g/mol. The van der Waals surface area contributed by atoms with Gasteiger partial charge in [-0.25, -0.2) is 0 Å². The van der Waals surface area contributed by atoms with E-state index < -0.39 is 0 Å². The molecule has 0 spiro atoms. The molecule has 0 amide bonds. The van der Waals surface area contributed by atoms with Crippen LogP contribution in [-0.4, -0.2) is 0 Å². The van der Waals surface area contributed by atoms with Crippen molar-refractivity contribution in [2.45, 2.75) is 39.2 Å². The summed E-state index contributed by atoms with van der Waals surface area (Å²) in [5.41, 5.74) is 7.54. The quantitative estimate of drug-likeness (QED) is 0.795. The molecule has 0 bridgehead atoms. The van der Waals surface area contributed by atoms with Crippen LogP contribution in [0, 0.1) is 17.8 Å². The smallest absolute Gasteiger partial charge is 0.0595 e. The van der Waals surface area contributed by atoms with E-state index in [0.717, 1.165) is 26.9 Å². The summed E-state index contributed by atoms with van der Waals surface area (Å²) in [5, 5.41) is 0.774. The first-order valence-electron chi connectivity index (χ1n) is 6.68. The first-order chi connectivity index (χ1) is 8.49. The van der Waals surface area contributed by atoms with Crippen molar-refractivity contribution in [3.8, 4) is 0 Å². The zero-order chi connectivity index (χ0) is 13.3. The molecule has 1 aliphatic carbocycles. The lowest BCUT2D eigenvalue weighted by molar-refractivity contribution is 0.193. The van der Waals surface area contributed by atoms with Crippen molar-refractivity contribution in [2.24, 2.45) is 23.5 Å². The molecular formula is C15H21BrClN. The summed E-state index contributed by atoms with van der Waals surface area (Å²) in [6, 6.07) is 6.09. The normalized spacial score (nSPS) is 30.2. The Balaban J connectivity index is 2.20. The summed E-state index contributed by atoms with van der Waals surface area (Å²) in [7, 11) is 0. The van der Waals surface area contributed by atoms with Gasteiger partial charge in [0.2, 0.25) is 0 Å². The fourth-order valence-corrected chi connectivity index (χ4v) is 3.97. The lowest BCUT2D eigenvalue weighted by Crippen LogP contribution is -2.29. The topological polar surface area (TPSA) is 26.0 Å². The minimum absolute atomic E-state index is 0.0557. The van der Waals surface area contributed by atoms with Crippen molar-refractivity contribution in [3.05, 3.63) is 33.3 Å². The Hall–Kier alpha value is -0.0500. The van der Waals surface area contributed by atoms with Gasteiger partial charge in [0.1, 0.15) is 0 Å². The minimum atomic E-state index is 0.0557. The minimum Gasteiger partial charge on any atom is -0.324 e. The molecule has 2 rings (SSSR count). The number of hydrogen-bond acceptors (Lipinski definition) is 1. The van der Waals surface area contributed by atoms with Gasteiger partial charge in [0.15, 0.2) is 0 Å². The van der Waals surface area contributed by atoms with Gasteiger partial charge in [-0.2, -0.15) is 0 Å². The summed E-state index contributed by atoms with van der Waals surface area (Å²) < 4.78 is 0.939. The Morgan fingerprint density at radius 1 is 1.22 bits per heavy atom. The highest BCUT2D eigenvalue weighted by molar-refractivity contribution is 9.10. The largest absolute Gasteiger partial charge is 0.324 e. The van der Waals surface area contributed by atoms with Crippen molar-refractivity contribution < 1.29 is 0 Å². The van der Waals surface area contributed by atoms with Crippen LogP contribution in [0.4, 0.5) is 0 Å². The van der Waals surface area contributed by atoms with Gasteiger partial charge in [-0.15, -0.1) is 0 Å². The van der Waals surface area contributed by atoms with E-state index in [0.29, 0.717) is 5.92 Å². The monoisotopic (exact) mass is 329 g/mol. The molecule has 0 aliphatic heterocycles. The predicted molar refractivity (Wildman–Crippen MR) is 81.7 cm³/mol. The lowest BCUT2D eigenvalue weighted by atomic mass is 9.72. The Morgan fingerprint density at radius 3 is 2.44 bits per heavy atom. The SMILES string of the molecule is CC1CC(C)CC(C(N)c2cccc(Br)c2Cl)C1. The Morgan fingerprint density at radius 2 is 1.83 bits per heavy atom. The molecule has 0 saturated heterocycles. The van der Waals surface area contributed by atoms with E-state index in [2.05, 4.69) is 35.8 Å². The fraction of sp³-hybridized carbons (Fsp3) is 0.600. The second-order valence-electron chi connectivity index (χ2n) is 5.85. The standard InChI is InChI=1S/C15H21BrClN/c1-9-6-10(2)8-11(7-9)15(18)12-4-3-5-13(16)14(12)17/h3-5,9-11,15H,6-8,18H2,1-2H3. The Kier molecular flexibility index (Phi) is 4.74. The summed E-state index contributed by atoms with van der Waals surface area (Å²) in [6.07, 6.45) is 3.76. The number of hydrogen-bond donors (Lipinski definition) is 1. The van der Waals surface area contributed by atoms with Gasteiger partial charge < -0.3 is 5.73 Å². The van der Waals surface area contributed by atoms with Crippen LogP contribution < -0.4 is 5.73 Å². The predicted octanol–water partition coefficient (Wildman–Crippen LogP) is 5.17. The number of halogens is 2. The maximum absolute atomic E-state index is 6.46. The molecule has 3 atom stereocenters. The van der Waals surface area contributed by atoms with E-state index in [1.165, 1.54) is 19.3 Å². The van der Waals surface area contributed by atoms with E-state index in [9.17, 15) is 0 Å². The van der Waals surface area contributed by atoms with Crippen LogP contribution in [-0.2, 0) is 0 Å². The third-order valence-corrected chi connectivity index (χ3v) is 5.37. The molecule has 1 saturated carbocycles. The third kappa shape index (κ3) is 3.09. The van der Waals surface area contributed by atoms with E-state index in [4.69, 9.17) is 17.3 Å². The zero-order valence-electron chi connectivity index (χ0n) is 11.0. The van der Waals surface area contributed by atoms with Crippen LogP contribution >= 0.6 is 27.5 Å². The van der Waals surface area contributed by atoms with E-state index in [1.54, 1.807) is 0 Å².